The van der Waals surface area contributed by atoms with Gasteiger partial charge in [-0.05, 0) is 31.9 Å². The summed E-state index contributed by atoms with van der Waals surface area (Å²) in [6, 6.07) is 14.3. The molecular formula is C25H27N3O6S. The number of carboxylic acid groups (broad SMARTS) is 1. The minimum Gasteiger partial charge on any atom is -0.479 e. The summed E-state index contributed by atoms with van der Waals surface area (Å²) in [4.78, 5) is 65.3. The summed E-state index contributed by atoms with van der Waals surface area (Å²) in [5.41, 5.74) is 4.33. The number of carboxylic acids is 1. The van der Waals surface area contributed by atoms with E-state index in [1.807, 2.05) is 0 Å². The Morgan fingerprint density at radius 1 is 1.03 bits per heavy atom. The second-order valence-corrected chi connectivity index (χ2v) is 9.26. The van der Waals surface area contributed by atoms with Crippen LogP contribution in [0.25, 0.3) is 0 Å². The van der Waals surface area contributed by atoms with Gasteiger partial charge in [-0.2, -0.15) is 0 Å². The number of carbonyl (C=O) groups is 5. The Labute approximate surface area is 207 Å². The Kier molecular flexibility index (Phi) is 8.42. The first-order chi connectivity index (χ1) is 16.7. The summed E-state index contributed by atoms with van der Waals surface area (Å²) >= 11 is 0.827. The smallest absolute Gasteiger partial charge is 0.337 e. The first-order valence-electron chi connectivity index (χ1n) is 11.1. The number of Topliss-reactive ketones (excluding diaryl/α,β-unsaturated/α-hetero) is 1. The van der Waals surface area contributed by atoms with Crippen molar-refractivity contribution in [3.05, 3.63) is 71.8 Å². The van der Waals surface area contributed by atoms with Gasteiger partial charge in [0.1, 0.15) is 6.04 Å². The zero-order valence-electron chi connectivity index (χ0n) is 19.2. The maximum atomic E-state index is 13.6. The number of nitrogens with two attached hydrogens (primary N) is 1. The van der Waals surface area contributed by atoms with E-state index in [-0.39, 0.29) is 30.3 Å². The van der Waals surface area contributed by atoms with Crippen molar-refractivity contribution in [1.29, 1.82) is 0 Å². The van der Waals surface area contributed by atoms with Crippen LogP contribution in [-0.2, 0) is 14.4 Å². The van der Waals surface area contributed by atoms with E-state index >= 15 is 0 Å². The molecule has 0 saturated carbocycles. The summed E-state index contributed by atoms with van der Waals surface area (Å²) in [5, 5.41) is 12.3. The largest absolute Gasteiger partial charge is 0.479 e. The Morgan fingerprint density at radius 3 is 2.14 bits per heavy atom. The quantitative estimate of drug-likeness (QED) is 0.444. The van der Waals surface area contributed by atoms with Crippen LogP contribution in [0.15, 0.2) is 60.7 Å². The maximum Gasteiger partial charge on any atom is 0.337 e. The molecule has 10 heteroatoms. The number of benzene rings is 2. The minimum absolute atomic E-state index is 0.0125. The molecule has 2 amide bonds. The van der Waals surface area contributed by atoms with Crippen LogP contribution in [0.1, 0.15) is 40.5 Å². The zero-order chi connectivity index (χ0) is 25.6. The molecule has 1 fully saturated rings. The van der Waals surface area contributed by atoms with E-state index in [9.17, 15) is 29.1 Å². The van der Waals surface area contributed by atoms with Crippen molar-refractivity contribution in [2.75, 3.05) is 12.3 Å². The van der Waals surface area contributed by atoms with Crippen LogP contribution in [0.3, 0.4) is 0 Å². The van der Waals surface area contributed by atoms with Gasteiger partial charge in [-0.25, -0.2) is 4.79 Å². The summed E-state index contributed by atoms with van der Waals surface area (Å²) in [6.45, 7) is 1.38. The van der Waals surface area contributed by atoms with E-state index in [1.165, 1.54) is 6.92 Å². The fourth-order valence-corrected chi connectivity index (χ4v) is 4.93. The number of hydrogen-bond donors (Lipinski definition) is 3. The molecule has 9 nitrogen and oxygen atoms in total. The number of nitrogens with one attached hydrogen (secondary N) is 1. The Morgan fingerprint density at radius 2 is 1.60 bits per heavy atom. The molecular weight excluding hydrogens is 470 g/mol. The second kappa shape index (κ2) is 11.3. The monoisotopic (exact) mass is 497 g/mol. The van der Waals surface area contributed by atoms with E-state index in [2.05, 4.69) is 5.32 Å². The molecule has 2 aromatic rings. The number of likely N-dealkylation sites (tertiary alicyclic amines) is 1. The van der Waals surface area contributed by atoms with Gasteiger partial charge in [0.05, 0.1) is 6.04 Å². The van der Waals surface area contributed by atoms with Crippen molar-refractivity contribution in [2.45, 2.75) is 37.4 Å². The molecule has 0 spiro atoms. The molecule has 4 N–H and O–H groups in total. The fourth-order valence-electron chi connectivity index (χ4n) is 4.09. The SMILES string of the molecule is CC(N)C(=O)C1(C(=O)O)CCCN1C(=O)C(CSC(=O)c1ccccc1)NC(=O)c1ccccc1. The highest BCUT2D eigenvalue weighted by Gasteiger charge is 2.57. The predicted octanol–water partition coefficient (Wildman–Crippen LogP) is 1.72. The second-order valence-electron chi connectivity index (χ2n) is 8.27. The Hall–Kier alpha value is -3.50. The lowest BCUT2D eigenvalue weighted by Gasteiger charge is -2.36. The molecule has 0 aromatic heterocycles. The Balaban J connectivity index is 1.89. The molecule has 0 aliphatic carbocycles. The molecule has 0 bridgehead atoms. The van der Waals surface area contributed by atoms with Crippen LogP contribution >= 0.6 is 11.8 Å². The molecule has 35 heavy (non-hydrogen) atoms. The number of nitrogens with zero attached hydrogens (tertiary/aromatic N) is 1. The van der Waals surface area contributed by atoms with Gasteiger partial charge in [-0.1, -0.05) is 60.3 Å². The number of thioether (sulfide) groups is 1. The van der Waals surface area contributed by atoms with Crippen LogP contribution in [-0.4, -0.2) is 68.6 Å². The lowest BCUT2D eigenvalue weighted by atomic mass is 9.87. The summed E-state index contributed by atoms with van der Waals surface area (Å²) < 4.78 is 0. The van der Waals surface area contributed by atoms with Crippen molar-refractivity contribution in [3.8, 4) is 0 Å². The maximum absolute atomic E-state index is 13.6. The van der Waals surface area contributed by atoms with Gasteiger partial charge in [-0.15, -0.1) is 0 Å². The minimum atomic E-state index is -2.12. The van der Waals surface area contributed by atoms with Gasteiger partial charge in [0.15, 0.2) is 5.78 Å². The van der Waals surface area contributed by atoms with E-state index in [1.54, 1.807) is 60.7 Å². The molecule has 1 aliphatic heterocycles. The fraction of sp³-hybridized carbons (Fsp3) is 0.320. The standard InChI is InChI=1S/C25H27N3O6S/c1-16(26)20(29)25(24(33)34)13-8-14-28(25)22(31)19(27-21(30)17-9-4-2-5-10-17)15-35-23(32)18-11-6-3-7-12-18/h2-7,9-12,16,19H,8,13-15,26H2,1H3,(H,27,30)(H,33,34). The van der Waals surface area contributed by atoms with E-state index < -0.39 is 41.2 Å². The number of hydrogen-bond acceptors (Lipinski definition) is 7. The van der Waals surface area contributed by atoms with E-state index in [0.717, 1.165) is 16.7 Å². The Bertz CT molecular complexity index is 1110. The van der Waals surface area contributed by atoms with Crippen molar-refractivity contribution in [1.82, 2.24) is 10.2 Å². The van der Waals surface area contributed by atoms with E-state index in [4.69, 9.17) is 5.73 Å². The van der Waals surface area contributed by atoms with Crippen molar-refractivity contribution < 1.29 is 29.1 Å². The highest BCUT2D eigenvalue weighted by atomic mass is 32.2. The van der Waals surface area contributed by atoms with Crippen molar-refractivity contribution in [2.24, 2.45) is 5.73 Å². The number of ketones is 1. The average molecular weight is 498 g/mol. The van der Waals surface area contributed by atoms with Crippen LogP contribution in [0.4, 0.5) is 0 Å². The molecule has 1 heterocycles. The highest BCUT2D eigenvalue weighted by molar-refractivity contribution is 8.14. The molecule has 184 valence electrons. The third kappa shape index (κ3) is 5.60. The van der Waals surface area contributed by atoms with Gasteiger partial charge in [0.25, 0.3) is 5.91 Å². The summed E-state index contributed by atoms with van der Waals surface area (Å²) in [5.74, 6) is -3.71. The molecule has 0 radical (unpaired) electrons. The lowest BCUT2D eigenvalue weighted by molar-refractivity contribution is -0.162. The van der Waals surface area contributed by atoms with Gasteiger partial charge >= 0.3 is 5.97 Å². The molecule has 3 rings (SSSR count). The van der Waals surface area contributed by atoms with Crippen molar-refractivity contribution >= 4 is 40.4 Å². The molecule has 1 saturated heterocycles. The average Bonchev–Trinajstić information content (AvgIpc) is 3.32. The lowest BCUT2D eigenvalue weighted by Crippen LogP contribution is -2.65. The topological polar surface area (TPSA) is 147 Å². The van der Waals surface area contributed by atoms with Crippen LogP contribution < -0.4 is 11.1 Å². The van der Waals surface area contributed by atoms with Gasteiger partial charge in [-0.3, -0.25) is 19.2 Å². The normalized spacial score (nSPS) is 19.0. The van der Waals surface area contributed by atoms with Crippen molar-refractivity contribution in [3.63, 3.8) is 0 Å². The molecule has 3 atom stereocenters. The third-order valence-electron chi connectivity index (χ3n) is 5.85. The molecule has 2 aromatic carbocycles. The number of amides is 2. The van der Waals surface area contributed by atoms with Crippen LogP contribution in [0, 0.1) is 0 Å². The predicted molar refractivity (Wildman–Crippen MR) is 131 cm³/mol. The van der Waals surface area contributed by atoms with Gasteiger partial charge in [0, 0.05) is 23.4 Å². The third-order valence-corrected chi connectivity index (χ3v) is 6.85. The number of carbonyl (C=O) groups excluding carboxylic acids is 4. The van der Waals surface area contributed by atoms with Gasteiger partial charge < -0.3 is 21.1 Å². The number of aliphatic carboxylic acids is 1. The highest BCUT2D eigenvalue weighted by Crippen LogP contribution is 2.33. The molecule has 3 unspecified atom stereocenters. The zero-order valence-corrected chi connectivity index (χ0v) is 20.0. The first-order valence-corrected chi connectivity index (χ1v) is 12.1. The van der Waals surface area contributed by atoms with Gasteiger partial charge in [0.2, 0.25) is 16.6 Å². The van der Waals surface area contributed by atoms with E-state index in [0.29, 0.717) is 11.1 Å². The molecule has 1 aliphatic rings. The summed E-state index contributed by atoms with van der Waals surface area (Å²) in [6.07, 6.45) is 0.204. The summed E-state index contributed by atoms with van der Waals surface area (Å²) in [7, 11) is 0. The van der Waals surface area contributed by atoms with Crippen LogP contribution in [0.5, 0.6) is 0 Å². The number of rotatable bonds is 9. The first kappa shape index (κ1) is 26.1. The van der Waals surface area contributed by atoms with Crippen LogP contribution in [0.2, 0.25) is 0 Å².